The van der Waals surface area contributed by atoms with Crippen LogP contribution < -0.4 is 5.32 Å². The maximum atomic E-state index is 11.5. The number of furan rings is 1. The van der Waals surface area contributed by atoms with Gasteiger partial charge in [0, 0.05) is 12.3 Å². The van der Waals surface area contributed by atoms with E-state index in [0.717, 1.165) is 0 Å². The fraction of sp³-hybridized carbons (Fsp3) is 0. The van der Waals surface area contributed by atoms with E-state index in [0.29, 0.717) is 5.69 Å². The molecule has 0 saturated carbocycles. The molecule has 0 saturated heterocycles. The molecule has 2 N–H and O–H groups in total. The second-order valence-corrected chi connectivity index (χ2v) is 3.34. The summed E-state index contributed by atoms with van der Waals surface area (Å²) in [5.41, 5.74) is 0.538. The number of nitrogens with one attached hydrogen (secondary N) is 1. The summed E-state index contributed by atoms with van der Waals surface area (Å²) in [5.74, 6) is 0.167. The largest absolute Gasteiger partial charge is 0.506 e. The molecule has 1 aromatic heterocycles. The molecule has 86 valence electrons. The first-order valence-corrected chi connectivity index (χ1v) is 5.06. The average molecular weight is 229 g/mol. The molecule has 17 heavy (non-hydrogen) atoms. The summed E-state index contributed by atoms with van der Waals surface area (Å²) >= 11 is 0. The Balaban J connectivity index is 1.99. The summed E-state index contributed by atoms with van der Waals surface area (Å²) in [4.78, 5) is 11.5. The van der Waals surface area contributed by atoms with E-state index in [1.165, 1.54) is 18.5 Å². The van der Waals surface area contributed by atoms with Gasteiger partial charge in [-0.3, -0.25) is 4.79 Å². The summed E-state index contributed by atoms with van der Waals surface area (Å²) in [6.45, 7) is 0. The molecule has 4 nitrogen and oxygen atoms in total. The zero-order valence-corrected chi connectivity index (χ0v) is 8.96. The highest BCUT2D eigenvalue weighted by molar-refractivity contribution is 6.02. The zero-order valence-electron chi connectivity index (χ0n) is 8.96. The van der Waals surface area contributed by atoms with E-state index in [1.54, 1.807) is 36.4 Å². The molecule has 1 heterocycles. The molecule has 0 aliphatic rings. The van der Waals surface area contributed by atoms with Crippen LogP contribution in [0.25, 0.3) is 0 Å². The van der Waals surface area contributed by atoms with Gasteiger partial charge in [0.05, 0.1) is 12.0 Å². The second kappa shape index (κ2) is 5.03. The predicted octanol–water partition coefficient (Wildman–Crippen LogP) is 2.79. The lowest BCUT2D eigenvalue weighted by molar-refractivity contribution is 0.102. The quantitative estimate of drug-likeness (QED) is 0.480. The van der Waals surface area contributed by atoms with Crippen molar-refractivity contribution in [3.05, 3.63) is 60.7 Å². The molecule has 0 spiro atoms. The molecule has 0 fully saturated rings. The Bertz CT molecular complexity index is 529. The van der Waals surface area contributed by atoms with E-state index in [-0.39, 0.29) is 17.3 Å². The summed E-state index contributed by atoms with van der Waals surface area (Å²) in [6.07, 6.45) is 4.24. The van der Waals surface area contributed by atoms with Crippen molar-refractivity contribution in [3.63, 3.8) is 0 Å². The van der Waals surface area contributed by atoms with Crippen LogP contribution in [0.3, 0.4) is 0 Å². The number of ketones is 1. The molecular weight excluding hydrogens is 218 g/mol. The third-order valence-corrected chi connectivity index (χ3v) is 2.14. The number of anilines is 1. The van der Waals surface area contributed by atoms with Gasteiger partial charge in [0.25, 0.3) is 0 Å². The smallest absolute Gasteiger partial charge is 0.222 e. The Morgan fingerprint density at radius 1 is 1.24 bits per heavy atom. The van der Waals surface area contributed by atoms with E-state index in [9.17, 15) is 9.90 Å². The number of aromatic hydroxyl groups is 1. The molecule has 2 aromatic rings. The lowest BCUT2D eigenvalue weighted by atomic mass is 10.3. The Labute approximate surface area is 98.2 Å². The third-order valence-electron chi connectivity index (χ3n) is 2.14. The van der Waals surface area contributed by atoms with Crippen LogP contribution in [0.5, 0.6) is 5.75 Å². The molecule has 0 amide bonds. The number of carbonyl (C=O) groups excluding carboxylic acids is 1. The monoisotopic (exact) mass is 229 g/mol. The Kier molecular flexibility index (Phi) is 3.25. The number of phenolic OH excluding ortho intramolecular Hbond substituents is 1. The SMILES string of the molecule is O=C(C=CNc1ccccc1O)c1ccco1. The predicted molar refractivity (Wildman–Crippen MR) is 63.9 cm³/mol. The van der Waals surface area contributed by atoms with Crippen LogP contribution in [0.2, 0.25) is 0 Å². The number of phenols is 1. The number of rotatable bonds is 4. The summed E-state index contributed by atoms with van der Waals surface area (Å²) in [5, 5.41) is 12.3. The van der Waals surface area contributed by atoms with Crippen LogP contribution in [0.4, 0.5) is 5.69 Å². The highest BCUT2D eigenvalue weighted by Crippen LogP contribution is 2.21. The number of hydrogen-bond donors (Lipinski definition) is 2. The van der Waals surface area contributed by atoms with Crippen molar-refractivity contribution in [2.24, 2.45) is 0 Å². The van der Waals surface area contributed by atoms with Crippen LogP contribution in [-0.2, 0) is 0 Å². The molecule has 0 unspecified atom stereocenters. The van der Waals surface area contributed by atoms with Crippen molar-refractivity contribution in [2.45, 2.75) is 0 Å². The first-order valence-electron chi connectivity index (χ1n) is 5.06. The fourth-order valence-corrected chi connectivity index (χ4v) is 1.30. The minimum Gasteiger partial charge on any atom is -0.506 e. The van der Waals surface area contributed by atoms with Crippen molar-refractivity contribution in [2.75, 3.05) is 5.32 Å². The topological polar surface area (TPSA) is 62.5 Å². The average Bonchev–Trinajstić information content (AvgIpc) is 2.85. The molecule has 0 atom stereocenters. The van der Waals surface area contributed by atoms with E-state index < -0.39 is 0 Å². The molecule has 0 aliphatic heterocycles. The molecular formula is C13H11NO3. The van der Waals surface area contributed by atoms with Gasteiger partial charge in [-0.15, -0.1) is 0 Å². The van der Waals surface area contributed by atoms with Crippen molar-refractivity contribution in [1.29, 1.82) is 0 Å². The van der Waals surface area contributed by atoms with Crippen molar-refractivity contribution >= 4 is 11.5 Å². The first kappa shape index (κ1) is 11.0. The van der Waals surface area contributed by atoms with Gasteiger partial charge in [-0.2, -0.15) is 0 Å². The van der Waals surface area contributed by atoms with Gasteiger partial charge < -0.3 is 14.8 Å². The lowest BCUT2D eigenvalue weighted by Gasteiger charge is -2.02. The molecule has 0 bridgehead atoms. The van der Waals surface area contributed by atoms with E-state index in [4.69, 9.17) is 4.42 Å². The van der Waals surface area contributed by atoms with Crippen LogP contribution in [0.15, 0.2) is 59.4 Å². The minimum absolute atomic E-state index is 0.127. The molecule has 2 rings (SSSR count). The van der Waals surface area contributed by atoms with Crippen molar-refractivity contribution in [1.82, 2.24) is 0 Å². The third kappa shape index (κ3) is 2.75. The first-order chi connectivity index (χ1) is 8.27. The molecule has 4 heteroatoms. The van der Waals surface area contributed by atoms with Gasteiger partial charge in [-0.1, -0.05) is 12.1 Å². The molecule has 0 aliphatic carbocycles. The number of hydrogen-bond acceptors (Lipinski definition) is 4. The van der Waals surface area contributed by atoms with Gasteiger partial charge in [-0.25, -0.2) is 0 Å². The minimum atomic E-state index is -0.238. The Morgan fingerprint density at radius 2 is 2.06 bits per heavy atom. The van der Waals surface area contributed by atoms with E-state index in [2.05, 4.69) is 5.32 Å². The van der Waals surface area contributed by atoms with Crippen molar-refractivity contribution < 1.29 is 14.3 Å². The molecule has 1 aromatic carbocycles. The summed E-state index contributed by atoms with van der Waals surface area (Å²) in [7, 11) is 0. The van der Waals surface area contributed by atoms with Gasteiger partial charge in [-0.05, 0) is 24.3 Å². The zero-order chi connectivity index (χ0) is 12.1. The second-order valence-electron chi connectivity index (χ2n) is 3.34. The maximum absolute atomic E-state index is 11.5. The maximum Gasteiger partial charge on any atom is 0.222 e. The standard InChI is InChI=1S/C13H11NO3/c15-11-5-2-1-4-10(11)14-8-7-12(16)13-6-3-9-17-13/h1-9,14-15H. The summed E-state index contributed by atoms with van der Waals surface area (Å²) in [6, 6.07) is 10.0. The lowest BCUT2D eigenvalue weighted by Crippen LogP contribution is -1.94. The van der Waals surface area contributed by atoms with Crippen LogP contribution >= 0.6 is 0 Å². The highest BCUT2D eigenvalue weighted by atomic mass is 16.3. The summed E-state index contributed by atoms with van der Waals surface area (Å²) < 4.78 is 4.94. The van der Waals surface area contributed by atoms with Gasteiger partial charge >= 0.3 is 0 Å². The van der Waals surface area contributed by atoms with Crippen LogP contribution in [0.1, 0.15) is 10.6 Å². The fourth-order valence-electron chi connectivity index (χ4n) is 1.30. The normalized spacial score (nSPS) is 10.6. The number of allylic oxidation sites excluding steroid dienone is 1. The Hall–Kier alpha value is -2.49. The number of para-hydroxylation sites is 2. The number of carbonyl (C=O) groups is 1. The van der Waals surface area contributed by atoms with Crippen LogP contribution in [0, 0.1) is 0 Å². The Morgan fingerprint density at radius 3 is 2.76 bits per heavy atom. The van der Waals surface area contributed by atoms with Crippen LogP contribution in [-0.4, -0.2) is 10.9 Å². The van der Waals surface area contributed by atoms with Crippen molar-refractivity contribution in [3.8, 4) is 5.75 Å². The van der Waals surface area contributed by atoms with Gasteiger partial charge in [0.2, 0.25) is 5.78 Å². The van der Waals surface area contributed by atoms with E-state index in [1.807, 2.05) is 0 Å². The highest BCUT2D eigenvalue weighted by Gasteiger charge is 2.03. The molecule has 0 radical (unpaired) electrons. The number of benzene rings is 1. The van der Waals surface area contributed by atoms with E-state index >= 15 is 0 Å². The van der Waals surface area contributed by atoms with Gasteiger partial charge in [0.1, 0.15) is 5.75 Å². The van der Waals surface area contributed by atoms with Gasteiger partial charge in [0.15, 0.2) is 5.76 Å².